The predicted molar refractivity (Wildman–Crippen MR) is 76.3 cm³/mol. The third-order valence-corrected chi connectivity index (χ3v) is 4.90. The molecule has 0 aliphatic carbocycles. The number of rotatable bonds is 4. The van der Waals surface area contributed by atoms with Crippen molar-refractivity contribution in [2.75, 3.05) is 12.4 Å². The van der Waals surface area contributed by atoms with Crippen LogP contribution in [-0.2, 0) is 14.4 Å². The first-order valence-corrected chi connectivity index (χ1v) is 7.42. The monoisotopic (exact) mass is 301 g/mol. The smallest absolute Gasteiger partial charge is 0.404 e. The zero-order chi connectivity index (χ0) is 13.9. The van der Waals surface area contributed by atoms with Crippen molar-refractivity contribution < 1.29 is 14.3 Å². The number of halogens is 1. The van der Waals surface area contributed by atoms with Crippen LogP contribution in [0.15, 0.2) is 24.3 Å². The van der Waals surface area contributed by atoms with E-state index in [9.17, 15) is 4.79 Å². The zero-order valence-corrected chi connectivity index (χ0v) is 12.2. The zero-order valence-electron chi connectivity index (χ0n) is 10.6. The lowest BCUT2D eigenvalue weighted by Crippen LogP contribution is -2.28. The highest BCUT2D eigenvalue weighted by molar-refractivity contribution is 8.00. The summed E-state index contributed by atoms with van der Waals surface area (Å²) in [7, 11) is 0. The molecule has 1 saturated heterocycles. The third-order valence-electron chi connectivity index (χ3n) is 3.02. The van der Waals surface area contributed by atoms with E-state index in [1.807, 2.05) is 24.3 Å². The molecule has 1 amide bonds. The molecular weight excluding hydrogens is 286 g/mol. The number of amides is 1. The van der Waals surface area contributed by atoms with Crippen molar-refractivity contribution in [1.29, 1.82) is 0 Å². The van der Waals surface area contributed by atoms with Gasteiger partial charge in [-0.3, -0.25) is 0 Å². The number of nitrogens with two attached hydrogens (primary N) is 1. The maximum Gasteiger partial charge on any atom is 0.404 e. The molecule has 2 N–H and O–H groups in total. The van der Waals surface area contributed by atoms with Gasteiger partial charge < -0.3 is 15.2 Å². The first kappa shape index (κ1) is 14.5. The summed E-state index contributed by atoms with van der Waals surface area (Å²) in [5.41, 5.74) is 6.04. The number of carbonyl (C=O) groups is 1. The van der Waals surface area contributed by atoms with E-state index in [1.54, 1.807) is 11.8 Å². The minimum atomic E-state index is -0.769. The number of hydrogen-bond acceptors (Lipinski definition) is 4. The normalized spacial score (nSPS) is 26.3. The van der Waals surface area contributed by atoms with Crippen molar-refractivity contribution in [2.24, 2.45) is 5.73 Å². The lowest BCUT2D eigenvalue weighted by atomic mass is 10.1. The summed E-state index contributed by atoms with van der Waals surface area (Å²) in [6.07, 6.45) is -0.0750. The molecule has 0 saturated carbocycles. The maximum absolute atomic E-state index is 10.6. The Hall–Kier alpha value is -0.910. The van der Waals surface area contributed by atoms with Gasteiger partial charge >= 0.3 is 6.09 Å². The molecule has 1 aromatic rings. The number of hydrogen-bond donors (Lipinski definition) is 1. The van der Waals surface area contributed by atoms with Crippen LogP contribution in [0.4, 0.5) is 4.79 Å². The fourth-order valence-electron chi connectivity index (χ4n) is 2.07. The van der Waals surface area contributed by atoms with E-state index in [0.29, 0.717) is 5.02 Å². The van der Waals surface area contributed by atoms with E-state index >= 15 is 0 Å². The van der Waals surface area contributed by atoms with Gasteiger partial charge in [0.2, 0.25) is 0 Å². The number of primary amides is 1. The van der Waals surface area contributed by atoms with Gasteiger partial charge in [0, 0.05) is 10.8 Å². The van der Waals surface area contributed by atoms with E-state index in [2.05, 4.69) is 6.92 Å². The van der Waals surface area contributed by atoms with Crippen LogP contribution in [0.5, 0.6) is 0 Å². The van der Waals surface area contributed by atoms with Crippen LogP contribution in [0, 0.1) is 0 Å². The molecule has 19 heavy (non-hydrogen) atoms. The highest BCUT2D eigenvalue weighted by atomic mass is 35.5. The highest BCUT2D eigenvalue weighted by Gasteiger charge is 2.41. The number of carbonyl (C=O) groups excluding carboxylic acids is 1. The van der Waals surface area contributed by atoms with Gasteiger partial charge in [-0.1, -0.05) is 30.7 Å². The summed E-state index contributed by atoms with van der Waals surface area (Å²) in [5, 5.41) is 0.701. The number of ether oxygens (including phenoxy) is 2. The van der Waals surface area contributed by atoms with Gasteiger partial charge in [0.15, 0.2) is 0 Å². The SMILES string of the molecule is CC[C@@]1(c2ccc(Cl)cc2)O[C@H](COC(N)=O)CS1. The van der Waals surface area contributed by atoms with Gasteiger partial charge in [-0.2, -0.15) is 0 Å². The highest BCUT2D eigenvalue weighted by Crippen LogP contribution is 2.47. The molecule has 1 fully saturated rings. The molecule has 6 heteroatoms. The fourth-order valence-corrected chi connectivity index (χ4v) is 3.52. The molecule has 0 bridgehead atoms. The summed E-state index contributed by atoms with van der Waals surface area (Å²) in [6, 6.07) is 7.64. The fraction of sp³-hybridized carbons (Fsp3) is 0.462. The summed E-state index contributed by atoms with van der Waals surface area (Å²) < 4.78 is 10.9. The van der Waals surface area contributed by atoms with Gasteiger partial charge in [0.25, 0.3) is 0 Å². The molecule has 0 radical (unpaired) electrons. The molecule has 0 spiro atoms. The Kier molecular flexibility index (Phi) is 4.60. The molecule has 2 atom stereocenters. The van der Waals surface area contributed by atoms with Crippen LogP contribution < -0.4 is 5.73 Å². The predicted octanol–water partition coefficient (Wildman–Crippen LogP) is 3.13. The second kappa shape index (κ2) is 6.03. The summed E-state index contributed by atoms with van der Waals surface area (Å²) in [5.74, 6) is 0.768. The second-order valence-electron chi connectivity index (χ2n) is 4.29. The van der Waals surface area contributed by atoms with Crippen molar-refractivity contribution in [1.82, 2.24) is 0 Å². The molecule has 1 aliphatic heterocycles. The van der Waals surface area contributed by atoms with Gasteiger partial charge in [-0.05, 0) is 24.1 Å². The van der Waals surface area contributed by atoms with Crippen LogP contribution in [-0.4, -0.2) is 24.6 Å². The van der Waals surface area contributed by atoms with E-state index in [0.717, 1.165) is 17.7 Å². The standard InChI is InChI=1S/C13H16ClNO3S/c1-2-13(9-3-5-10(14)6-4-9)18-11(8-19-13)7-17-12(15)16/h3-6,11H,2,7-8H2,1H3,(H2,15,16)/t11-,13-/m1/s1. The van der Waals surface area contributed by atoms with Crippen molar-refractivity contribution in [2.45, 2.75) is 24.4 Å². The average molecular weight is 302 g/mol. The van der Waals surface area contributed by atoms with Crippen LogP contribution >= 0.6 is 23.4 Å². The largest absolute Gasteiger partial charge is 0.447 e. The minimum Gasteiger partial charge on any atom is -0.447 e. The van der Waals surface area contributed by atoms with E-state index in [-0.39, 0.29) is 12.7 Å². The van der Waals surface area contributed by atoms with Crippen molar-refractivity contribution in [3.05, 3.63) is 34.9 Å². The molecule has 0 aromatic heterocycles. The summed E-state index contributed by atoms with van der Waals surface area (Å²) in [4.78, 5) is 10.2. The lowest BCUT2D eigenvalue weighted by molar-refractivity contribution is -0.0386. The molecule has 1 aliphatic rings. The Balaban J connectivity index is 2.08. The number of benzene rings is 1. The summed E-state index contributed by atoms with van der Waals surface area (Å²) >= 11 is 7.61. The second-order valence-corrected chi connectivity index (χ2v) is 6.01. The number of thioether (sulfide) groups is 1. The van der Waals surface area contributed by atoms with Gasteiger partial charge in [-0.25, -0.2) is 4.79 Å². The molecule has 104 valence electrons. The van der Waals surface area contributed by atoms with Crippen LogP contribution in [0.25, 0.3) is 0 Å². The van der Waals surface area contributed by atoms with Crippen molar-refractivity contribution >= 4 is 29.5 Å². The van der Waals surface area contributed by atoms with Crippen molar-refractivity contribution in [3.8, 4) is 0 Å². The Morgan fingerprint density at radius 3 is 2.84 bits per heavy atom. The Labute approximate surface area is 121 Å². The molecule has 1 aromatic carbocycles. The Morgan fingerprint density at radius 2 is 2.26 bits per heavy atom. The van der Waals surface area contributed by atoms with Gasteiger partial charge in [-0.15, -0.1) is 11.8 Å². The average Bonchev–Trinajstić information content (AvgIpc) is 2.82. The van der Waals surface area contributed by atoms with E-state index < -0.39 is 11.0 Å². The first-order valence-electron chi connectivity index (χ1n) is 6.06. The Morgan fingerprint density at radius 1 is 1.58 bits per heavy atom. The Bertz CT molecular complexity index is 454. The van der Waals surface area contributed by atoms with Crippen LogP contribution in [0.3, 0.4) is 0 Å². The van der Waals surface area contributed by atoms with E-state index in [1.165, 1.54) is 0 Å². The van der Waals surface area contributed by atoms with Crippen LogP contribution in [0.1, 0.15) is 18.9 Å². The molecular formula is C13H16ClNO3S. The molecule has 2 rings (SSSR count). The lowest BCUT2D eigenvalue weighted by Gasteiger charge is -2.27. The third kappa shape index (κ3) is 3.35. The maximum atomic E-state index is 10.6. The topological polar surface area (TPSA) is 61.6 Å². The molecule has 0 unspecified atom stereocenters. The van der Waals surface area contributed by atoms with E-state index in [4.69, 9.17) is 26.8 Å². The van der Waals surface area contributed by atoms with Crippen LogP contribution in [0.2, 0.25) is 5.02 Å². The van der Waals surface area contributed by atoms with Gasteiger partial charge in [0.1, 0.15) is 17.6 Å². The van der Waals surface area contributed by atoms with Crippen molar-refractivity contribution in [3.63, 3.8) is 0 Å². The quantitative estimate of drug-likeness (QED) is 0.928. The summed E-state index contributed by atoms with van der Waals surface area (Å²) in [6.45, 7) is 2.26. The molecule has 4 nitrogen and oxygen atoms in total. The minimum absolute atomic E-state index is 0.131. The van der Waals surface area contributed by atoms with Gasteiger partial charge in [0.05, 0.1) is 0 Å². The first-order chi connectivity index (χ1) is 9.05. The molecule has 1 heterocycles.